The molecule has 0 unspecified atom stereocenters. The van der Waals surface area contributed by atoms with Crippen molar-refractivity contribution in [2.45, 2.75) is 19.4 Å². The van der Waals surface area contributed by atoms with E-state index in [-0.39, 0.29) is 18.5 Å². The van der Waals surface area contributed by atoms with Crippen molar-refractivity contribution in [3.8, 4) is 11.5 Å². The zero-order valence-corrected chi connectivity index (χ0v) is 11.3. The van der Waals surface area contributed by atoms with Gasteiger partial charge in [-0.05, 0) is 43.2 Å². The van der Waals surface area contributed by atoms with Gasteiger partial charge in [0.1, 0.15) is 17.3 Å². The molecule has 0 fully saturated rings. The Balaban J connectivity index is 2.35. The summed E-state index contributed by atoms with van der Waals surface area (Å²) in [5.41, 5.74) is 7.36. The molecular weight excluding hydrogens is 257 g/mol. The lowest BCUT2D eigenvalue weighted by molar-refractivity contribution is 0.297. The van der Waals surface area contributed by atoms with Crippen LogP contribution in [0.2, 0.25) is 0 Å². The van der Waals surface area contributed by atoms with Crippen LogP contribution in [-0.4, -0.2) is 11.7 Å². The predicted molar refractivity (Wildman–Crippen MR) is 76.3 cm³/mol. The summed E-state index contributed by atoms with van der Waals surface area (Å²) >= 11 is 0. The molecule has 0 aliphatic rings. The SMILES string of the molecule is C[C@@H](N)c1cc(F)ccc1Oc1ccccc1CCO. The summed E-state index contributed by atoms with van der Waals surface area (Å²) in [6.45, 7) is 1.82. The van der Waals surface area contributed by atoms with Crippen LogP contribution in [0.3, 0.4) is 0 Å². The van der Waals surface area contributed by atoms with Gasteiger partial charge in [-0.1, -0.05) is 18.2 Å². The van der Waals surface area contributed by atoms with Gasteiger partial charge in [0.05, 0.1) is 0 Å². The highest BCUT2D eigenvalue weighted by molar-refractivity contribution is 5.42. The average molecular weight is 275 g/mol. The Hall–Kier alpha value is -1.91. The second-order valence-electron chi connectivity index (χ2n) is 4.65. The number of nitrogens with two attached hydrogens (primary N) is 1. The van der Waals surface area contributed by atoms with E-state index in [9.17, 15) is 4.39 Å². The molecule has 1 atom stereocenters. The molecule has 106 valence electrons. The van der Waals surface area contributed by atoms with Crippen molar-refractivity contribution >= 4 is 0 Å². The standard InChI is InChI=1S/C16H18FNO2/c1-11(18)14-10-13(17)6-7-16(14)20-15-5-3-2-4-12(15)8-9-19/h2-7,10-11,19H,8-9,18H2,1H3/t11-/m1/s1. The van der Waals surface area contributed by atoms with E-state index in [4.69, 9.17) is 15.6 Å². The Bertz CT molecular complexity index is 584. The number of rotatable bonds is 5. The fourth-order valence-electron chi connectivity index (χ4n) is 2.02. The van der Waals surface area contributed by atoms with Crippen molar-refractivity contribution < 1.29 is 14.2 Å². The minimum atomic E-state index is -0.340. The Labute approximate surface area is 117 Å². The molecule has 0 amide bonds. The minimum absolute atomic E-state index is 0.0456. The lowest BCUT2D eigenvalue weighted by Gasteiger charge is -2.16. The molecule has 0 heterocycles. The molecular formula is C16H18FNO2. The van der Waals surface area contributed by atoms with E-state index in [1.54, 1.807) is 13.0 Å². The molecule has 3 nitrogen and oxygen atoms in total. The molecule has 0 aliphatic heterocycles. The van der Waals surface area contributed by atoms with Gasteiger partial charge in [0.2, 0.25) is 0 Å². The van der Waals surface area contributed by atoms with Crippen LogP contribution in [0, 0.1) is 5.82 Å². The van der Waals surface area contributed by atoms with Crippen LogP contribution in [0.4, 0.5) is 4.39 Å². The van der Waals surface area contributed by atoms with Gasteiger partial charge in [-0.2, -0.15) is 0 Å². The maximum atomic E-state index is 13.3. The van der Waals surface area contributed by atoms with Crippen LogP contribution in [0.15, 0.2) is 42.5 Å². The molecule has 2 rings (SSSR count). The lowest BCUT2D eigenvalue weighted by atomic mass is 10.1. The summed E-state index contributed by atoms with van der Waals surface area (Å²) in [6, 6.07) is 11.4. The molecule has 3 N–H and O–H groups in total. The molecule has 0 aromatic heterocycles. The molecule has 20 heavy (non-hydrogen) atoms. The van der Waals surface area contributed by atoms with Gasteiger partial charge < -0.3 is 15.6 Å². The Kier molecular flexibility index (Phi) is 4.71. The van der Waals surface area contributed by atoms with Gasteiger partial charge in [0, 0.05) is 18.2 Å². The summed E-state index contributed by atoms with van der Waals surface area (Å²) in [5.74, 6) is 0.843. The van der Waals surface area contributed by atoms with Gasteiger partial charge in [0.15, 0.2) is 0 Å². The number of ether oxygens (including phenoxy) is 1. The normalized spacial score (nSPS) is 12.2. The predicted octanol–water partition coefficient (Wildman–Crippen LogP) is 3.17. The fourth-order valence-corrected chi connectivity index (χ4v) is 2.02. The average Bonchev–Trinajstić information content (AvgIpc) is 2.43. The van der Waals surface area contributed by atoms with E-state index in [1.165, 1.54) is 12.1 Å². The number of hydrogen-bond acceptors (Lipinski definition) is 3. The van der Waals surface area contributed by atoms with Crippen molar-refractivity contribution in [3.05, 3.63) is 59.4 Å². The third kappa shape index (κ3) is 3.35. The molecule has 0 bridgehead atoms. The highest BCUT2D eigenvalue weighted by Crippen LogP contribution is 2.31. The highest BCUT2D eigenvalue weighted by atomic mass is 19.1. The lowest BCUT2D eigenvalue weighted by Crippen LogP contribution is -2.07. The summed E-state index contributed by atoms with van der Waals surface area (Å²) in [6.07, 6.45) is 0.505. The van der Waals surface area contributed by atoms with E-state index < -0.39 is 0 Å². The first-order chi connectivity index (χ1) is 9.61. The smallest absolute Gasteiger partial charge is 0.132 e. The van der Waals surface area contributed by atoms with Gasteiger partial charge in [-0.3, -0.25) is 0 Å². The molecule has 0 saturated carbocycles. The first-order valence-corrected chi connectivity index (χ1v) is 6.53. The molecule has 0 aliphatic carbocycles. The van der Waals surface area contributed by atoms with Crippen molar-refractivity contribution in [2.75, 3.05) is 6.61 Å². The Morgan fingerprint density at radius 3 is 2.65 bits per heavy atom. The maximum Gasteiger partial charge on any atom is 0.132 e. The van der Waals surface area contributed by atoms with Gasteiger partial charge in [0.25, 0.3) is 0 Å². The third-order valence-corrected chi connectivity index (χ3v) is 3.04. The van der Waals surface area contributed by atoms with Crippen LogP contribution >= 0.6 is 0 Å². The Morgan fingerprint density at radius 1 is 1.20 bits per heavy atom. The summed E-state index contributed by atoms with van der Waals surface area (Å²) in [7, 11) is 0. The summed E-state index contributed by atoms with van der Waals surface area (Å²) in [4.78, 5) is 0. The van der Waals surface area contributed by atoms with Crippen molar-refractivity contribution in [3.63, 3.8) is 0 Å². The van der Waals surface area contributed by atoms with Crippen LogP contribution < -0.4 is 10.5 Å². The topological polar surface area (TPSA) is 55.5 Å². The van der Waals surface area contributed by atoms with E-state index >= 15 is 0 Å². The number of benzene rings is 2. The second-order valence-corrected chi connectivity index (χ2v) is 4.65. The molecule has 2 aromatic rings. The quantitative estimate of drug-likeness (QED) is 0.881. The molecule has 4 heteroatoms. The zero-order chi connectivity index (χ0) is 14.5. The number of aliphatic hydroxyl groups is 1. The van der Waals surface area contributed by atoms with Crippen LogP contribution in [0.1, 0.15) is 24.1 Å². The van der Waals surface area contributed by atoms with E-state index in [0.717, 1.165) is 5.56 Å². The van der Waals surface area contributed by atoms with Gasteiger partial charge in [-0.25, -0.2) is 4.39 Å². The minimum Gasteiger partial charge on any atom is -0.457 e. The number of aliphatic hydroxyl groups excluding tert-OH is 1. The molecule has 0 spiro atoms. The van der Waals surface area contributed by atoms with E-state index in [0.29, 0.717) is 23.5 Å². The number of halogens is 1. The van der Waals surface area contributed by atoms with Crippen molar-refractivity contribution in [1.82, 2.24) is 0 Å². The summed E-state index contributed by atoms with van der Waals surface area (Å²) in [5, 5.41) is 9.06. The van der Waals surface area contributed by atoms with Gasteiger partial charge >= 0.3 is 0 Å². The first kappa shape index (κ1) is 14.5. The first-order valence-electron chi connectivity index (χ1n) is 6.53. The molecule has 0 radical (unpaired) electrons. The van der Waals surface area contributed by atoms with Crippen molar-refractivity contribution in [2.24, 2.45) is 5.73 Å². The fraction of sp³-hybridized carbons (Fsp3) is 0.250. The second kappa shape index (κ2) is 6.50. The van der Waals surface area contributed by atoms with E-state index in [1.807, 2.05) is 24.3 Å². The monoisotopic (exact) mass is 275 g/mol. The maximum absolute atomic E-state index is 13.3. The zero-order valence-electron chi connectivity index (χ0n) is 11.3. The van der Waals surface area contributed by atoms with Crippen molar-refractivity contribution in [1.29, 1.82) is 0 Å². The van der Waals surface area contributed by atoms with Crippen LogP contribution in [0.5, 0.6) is 11.5 Å². The molecule has 2 aromatic carbocycles. The highest BCUT2D eigenvalue weighted by Gasteiger charge is 2.12. The number of para-hydroxylation sites is 1. The van der Waals surface area contributed by atoms with Gasteiger partial charge in [-0.15, -0.1) is 0 Å². The largest absolute Gasteiger partial charge is 0.457 e. The third-order valence-electron chi connectivity index (χ3n) is 3.04. The summed E-state index contributed by atoms with van der Waals surface area (Å²) < 4.78 is 19.2. The Morgan fingerprint density at radius 2 is 1.95 bits per heavy atom. The van der Waals surface area contributed by atoms with E-state index in [2.05, 4.69) is 0 Å². The number of hydrogen-bond donors (Lipinski definition) is 2. The van der Waals surface area contributed by atoms with Crippen LogP contribution in [0.25, 0.3) is 0 Å². The molecule has 0 saturated heterocycles. The van der Waals surface area contributed by atoms with Crippen LogP contribution in [-0.2, 0) is 6.42 Å².